The Bertz CT molecular complexity index is 1370. The van der Waals surface area contributed by atoms with Gasteiger partial charge < -0.3 is 18.4 Å². The third-order valence-electron chi connectivity index (χ3n) is 4.86. The normalized spacial score (nSPS) is 11.1. The Morgan fingerprint density at radius 1 is 0.944 bits per heavy atom. The van der Waals surface area contributed by atoms with Gasteiger partial charge in [0.15, 0.2) is 23.0 Å². The van der Waals surface area contributed by atoms with Gasteiger partial charge in [-0.05, 0) is 61.0 Å². The fraction of sp³-hybridized carbons (Fsp3) is 0.154. The Morgan fingerprint density at radius 3 is 2.28 bits per heavy atom. The lowest BCUT2D eigenvalue weighted by atomic mass is 10.2. The predicted molar refractivity (Wildman–Crippen MR) is 136 cm³/mol. The molecule has 0 atom stereocenters. The molecule has 0 fully saturated rings. The van der Waals surface area contributed by atoms with Crippen molar-refractivity contribution in [3.8, 4) is 23.0 Å². The molecule has 0 heterocycles. The Balaban J connectivity index is 1.70. The van der Waals surface area contributed by atoms with Crippen LogP contribution in [-0.4, -0.2) is 41.4 Å². The van der Waals surface area contributed by atoms with Gasteiger partial charge in [-0.2, -0.15) is 13.5 Å². The average molecular weight is 511 g/mol. The van der Waals surface area contributed by atoms with Crippen molar-refractivity contribution in [3.05, 3.63) is 90.0 Å². The number of amides is 1. The van der Waals surface area contributed by atoms with Gasteiger partial charge >= 0.3 is 10.1 Å². The van der Waals surface area contributed by atoms with Crippen molar-refractivity contribution in [2.24, 2.45) is 5.10 Å². The second kappa shape index (κ2) is 11.9. The van der Waals surface area contributed by atoms with E-state index in [1.165, 1.54) is 50.8 Å². The van der Waals surface area contributed by atoms with Gasteiger partial charge in [0.1, 0.15) is 11.5 Å². The summed E-state index contributed by atoms with van der Waals surface area (Å²) in [6.45, 7) is 5.75. The lowest BCUT2D eigenvalue weighted by Crippen LogP contribution is -2.17. The van der Waals surface area contributed by atoms with Crippen LogP contribution in [0.5, 0.6) is 23.0 Å². The van der Waals surface area contributed by atoms with E-state index in [-0.39, 0.29) is 16.4 Å². The van der Waals surface area contributed by atoms with Crippen molar-refractivity contribution in [2.75, 3.05) is 20.8 Å². The first-order chi connectivity index (χ1) is 17.3. The van der Waals surface area contributed by atoms with E-state index in [1.54, 1.807) is 36.4 Å². The number of hydrogen-bond acceptors (Lipinski definition) is 8. The van der Waals surface area contributed by atoms with E-state index < -0.39 is 16.0 Å². The fourth-order valence-electron chi connectivity index (χ4n) is 3.01. The SMILES string of the molecule is C=CCOc1ccc(C(=O)N/N=C/c2ccc(OS(=O)(=O)c3ccc(C)cc3)c(OC)c2)cc1OC. The van der Waals surface area contributed by atoms with Gasteiger partial charge in [-0.3, -0.25) is 4.79 Å². The molecule has 0 unspecified atom stereocenters. The Kier molecular flexibility index (Phi) is 8.69. The van der Waals surface area contributed by atoms with E-state index in [9.17, 15) is 13.2 Å². The van der Waals surface area contributed by atoms with Crippen LogP contribution < -0.4 is 23.8 Å². The molecule has 0 aromatic heterocycles. The molecule has 0 saturated carbocycles. The zero-order valence-electron chi connectivity index (χ0n) is 20.1. The maximum absolute atomic E-state index is 12.6. The molecular formula is C26H26N2O7S. The molecular weight excluding hydrogens is 484 g/mol. The first-order valence-corrected chi connectivity index (χ1v) is 12.1. The van der Waals surface area contributed by atoms with Crippen molar-refractivity contribution in [1.82, 2.24) is 5.43 Å². The Morgan fingerprint density at radius 2 is 1.61 bits per heavy atom. The highest BCUT2D eigenvalue weighted by Gasteiger charge is 2.19. The summed E-state index contributed by atoms with van der Waals surface area (Å²) in [5.74, 6) is 0.618. The second-order valence-electron chi connectivity index (χ2n) is 7.43. The third-order valence-corrected chi connectivity index (χ3v) is 6.11. The standard InChI is InChI=1S/C26H26N2O7S/c1-5-14-34-22-13-9-20(16-25(22)33-4)26(29)28-27-17-19-8-12-23(24(15-19)32-3)35-36(30,31)21-10-6-18(2)7-11-21/h5-13,15-17H,1,14H2,2-4H3,(H,28,29)/b27-17+. The van der Waals surface area contributed by atoms with Gasteiger partial charge in [0.25, 0.3) is 5.91 Å². The molecule has 9 nitrogen and oxygen atoms in total. The minimum absolute atomic E-state index is 0.0186. The number of nitrogens with one attached hydrogen (secondary N) is 1. The van der Waals surface area contributed by atoms with Crippen molar-refractivity contribution in [3.63, 3.8) is 0 Å². The first kappa shape index (κ1) is 26.3. The van der Waals surface area contributed by atoms with Crippen molar-refractivity contribution < 1.29 is 31.6 Å². The molecule has 3 aromatic carbocycles. The van der Waals surface area contributed by atoms with E-state index in [2.05, 4.69) is 17.1 Å². The Hall–Kier alpha value is -4.31. The van der Waals surface area contributed by atoms with Crippen molar-refractivity contribution in [1.29, 1.82) is 0 Å². The minimum Gasteiger partial charge on any atom is -0.493 e. The van der Waals surface area contributed by atoms with Crippen LogP contribution in [0.25, 0.3) is 0 Å². The minimum atomic E-state index is -4.04. The monoisotopic (exact) mass is 510 g/mol. The van der Waals surface area contributed by atoms with Crippen LogP contribution in [0.3, 0.4) is 0 Å². The van der Waals surface area contributed by atoms with Crippen molar-refractivity contribution >= 4 is 22.2 Å². The number of benzene rings is 3. The summed E-state index contributed by atoms with van der Waals surface area (Å²) in [4.78, 5) is 12.5. The predicted octanol–water partition coefficient (Wildman–Crippen LogP) is 4.11. The van der Waals surface area contributed by atoms with E-state index in [0.717, 1.165) is 5.56 Å². The molecule has 0 bridgehead atoms. The van der Waals surface area contributed by atoms with Gasteiger partial charge in [0.2, 0.25) is 0 Å². The molecule has 0 radical (unpaired) electrons. The van der Waals surface area contributed by atoms with Gasteiger partial charge in [0, 0.05) is 5.56 Å². The maximum atomic E-state index is 12.6. The van der Waals surface area contributed by atoms with Gasteiger partial charge in [-0.15, -0.1) is 0 Å². The molecule has 1 N–H and O–H groups in total. The first-order valence-electron chi connectivity index (χ1n) is 10.7. The van der Waals surface area contributed by atoms with Crippen LogP contribution in [0.15, 0.2) is 83.3 Å². The molecule has 3 aromatic rings. The van der Waals surface area contributed by atoms with Gasteiger partial charge in [0.05, 0.1) is 20.4 Å². The fourth-order valence-corrected chi connectivity index (χ4v) is 3.95. The van der Waals surface area contributed by atoms with E-state index >= 15 is 0 Å². The highest BCUT2D eigenvalue weighted by atomic mass is 32.2. The van der Waals surface area contributed by atoms with Crippen LogP contribution in [0, 0.1) is 6.92 Å². The molecule has 1 amide bonds. The zero-order valence-corrected chi connectivity index (χ0v) is 20.9. The molecule has 36 heavy (non-hydrogen) atoms. The van der Waals surface area contributed by atoms with Gasteiger partial charge in [-0.1, -0.05) is 30.4 Å². The summed E-state index contributed by atoms with van der Waals surface area (Å²) < 4.78 is 46.5. The molecule has 10 heteroatoms. The summed E-state index contributed by atoms with van der Waals surface area (Å²) >= 11 is 0. The van der Waals surface area contributed by atoms with E-state index in [4.69, 9.17) is 18.4 Å². The highest BCUT2D eigenvalue weighted by Crippen LogP contribution is 2.31. The average Bonchev–Trinajstić information content (AvgIpc) is 2.88. The van der Waals surface area contributed by atoms with Crippen molar-refractivity contribution in [2.45, 2.75) is 11.8 Å². The zero-order chi connectivity index (χ0) is 26.1. The van der Waals surface area contributed by atoms with Gasteiger partial charge in [-0.25, -0.2) is 5.43 Å². The number of hydrogen-bond donors (Lipinski definition) is 1. The number of rotatable bonds is 11. The van der Waals surface area contributed by atoms with Crippen LogP contribution in [0.1, 0.15) is 21.5 Å². The Labute approximate surface area is 210 Å². The largest absolute Gasteiger partial charge is 0.493 e. The quantitative estimate of drug-likeness (QED) is 0.179. The highest BCUT2D eigenvalue weighted by molar-refractivity contribution is 7.87. The number of nitrogens with zero attached hydrogens (tertiary/aromatic N) is 1. The molecule has 3 rings (SSSR count). The summed E-state index contributed by atoms with van der Waals surface area (Å²) in [6, 6.07) is 15.6. The van der Waals surface area contributed by atoms with E-state index in [1.807, 2.05) is 6.92 Å². The van der Waals surface area contributed by atoms with Crippen LogP contribution in [0.4, 0.5) is 0 Å². The summed E-state index contributed by atoms with van der Waals surface area (Å²) in [7, 11) is -1.18. The number of ether oxygens (including phenoxy) is 3. The van der Waals surface area contributed by atoms with E-state index in [0.29, 0.717) is 29.2 Å². The molecule has 0 saturated heterocycles. The second-order valence-corrected chi connectivity index (χ2v) is 8.97. The third kappa shape index (κ3) is 6.63. The smallest absolute Gasteiger partial charge is 0.339 e. The van der Waals surface area contributed by atoms with Crippen LogP contribution in [0.2, 0.25) is 0 Å². The summed E-state index contributed by atoms with van der Waals surface area (Å²) in [6.07, 6.45) is 2.99. The van der Waals surface area contributed by atoms with Crippen LogP contribution in [-0.2, 0) is 10.1 Å². The lowest BCUT2D eigenvalue weighted by molar-refractivity contribution is 0.0954. The maximum Gasteiger partial charge on any atom is 0.339 e. The number of carbonyl (C=O) groups excluding carboxylic acids is 1. The summed E-state index contributed by atoms with van der Waals surface area (Å²) in [5, 5.41) is 3.96. The number of carbonyl (C=O) groups is 1. The van der Waals surface area contributed by atoms with Crippen LogP contribution >= 0.6 is 0 Å². The molecule has 188 valence electrons. The molecule has 0 spiro atoms. The number of hydrazone groups is 1. The topological polar surface area (TPSA) is 113 Å². The number of aryl methyl sites for hydroxylation is 1. The molecule has 0 aliphatic heterocycles. The lowest BCUT2D eigenvalue weighted by Gasteiger charge is -2.11. The molecule has 0 aliphatic carbocycles. The summed E-state index contributed by atoms with van der Waals surface area (Å²) in [5.41, 5.74) is 4.21. The number of methoxy groups -OCH3 is 2. The molecule has 0 aliphatic rings.